The number of carbonyl (C=O) groups is 11. The van der Waals surface area contributed by atoms with Gasteiger partial charge in [0.25, 0.3) is 0 Å². The first kappa shape index (κ1) is 103. The van der Waals surface area contributed by atoms with Gasteiger partial charge in [0.2, 0.25) is 29.5 Å². The van der Waals surface area contributed by atoms with Crippen LogP contribution in [0.1, 0.15) is 234 Å². The topological polar surface area (TPSA) is 436 Å². The molecule has 6 aromatic rings. The number of benzene rings is 3. The molecule has 32 heteroatoms. The lowest BCUT2D eigenvalue weighted by Gasteiger charge is -2.35. The van der Waals surface area contributed by atoms with Crippen molar-refractivity contribution in [3.8, 4) is 31.3 Å². The van der Waals surface area contributed by atoms with Gasteiger partial charge in [0.05, 0.1) is 97.1 Å². The highest BCUT2D eigenvalue weighted by atomic mass is 32.1. The van der Waals surface area contributed by atoms with Crippen molar-refractivity contribution >= 4 is 99.1 Å². The molecule has 9 rings (SSSR count). The maximum atomic E-state index is 13.8. The molecule has 3 aliphatic heterocycles. The van der Waals surface area contributed by atoms with Crippen molar-refractivity contribution in [3.05, 3.63) is 123 Å². The number of aliphatic hydroxyl groups is 3. The number of thiazole rings is 3. The summed E-state index contributed by atoms with van der Waals surface area (Å²) in [7, 11) is 0. The number of likely N-dealkylation sites (tertiary alicyclic amines) is 3. The van der Waals surface area contributed by atoms with Crippen LogP contribution in [-0.4, -0.2) is 220 Å². The van der Waals surface area contributed by atoms with Crippen molar-refractivity contribution in [2.24, 2.45) is 27.7 Å². The number of alkyl carbamates (subject to hydrolysis) is 2. The van der Waals surface area contributed by atoms with E-state index in [0.29, 0.717) is 6.42 Å². The lowest BCUT2D eigenvalue weighted by molar-refractivity contribution is -0.143. The van der Waals surface area contributed by atoms with E-state index in [1.807, 2.05) is 181 Å². The van der Waals surface area contributed by atoms with Crippen LogP contribution in [0.4, 0.5) is 9.59 Å². The van der Waals surface area contributed by atoms with Gasteiger partial charge < -0.3 is 77.3 Å². The van der Waals surface area contributed by atoms with Crippen LogP contribution in [-0.2, 0) is 52.6 Å². The number of carboxylic acid groups (broad SMARTS) is 1. The summed E-state index contributed by atoms with van der Waals surface area (Å²) in [6.07, 6.45) is -2.14. The molecule has 6 heterocycles. The second-order valence-electron chi connectivity index (χ2n) is 37.4. The number of Topliss-reactive ketones (excluding diaryl/α,β-unsaturated/α-hetero) is 3. The summed E-state index contributed by atoms with van der Waals surface area (Å²) in [5.74, 6) is -3.06. The van der Waals surface area contributed by atoms with Crippen LogP contribution in [0.15, 0.2) is 89.3 Å². The summed E-state index contributed by atoms with van der Waals surface area (Å²) in [6, 6.07) is 19.9. The van der Waals surface area contributed by atoms with Gasteiger partial charge in [0.1, 0.15) is 23.3 Å². The summed E-state index contributed by atoms with van der Waals surface area (Å²) >= 11 is 4.80. The zero-order chi connectivity index (χ0) is 92.1. The molecule has 3 fully saturated rings. The Morgan fingerprint density at radius 1 is 0.447 bits per heavy atom. The number of aliphatic carboxylic acids is 1. The van der Waals surface area contributed by atoms with Crippen LogP contribution >= 0.6 is 34.0 Å². The van der Waals surface area contributed by atoms with Gasteiger partial charge in [0, 0.05) is 90.6 Å². The molecule has 3 aromatic heterocycles. The maximum Gasteiger partial charge on any atom is 0.407 e. The van der Waals surface area contributed by atoms with E-state index in [4.69, 9.17) is 26.0 Å². The third-order valence-electron chi connectivity index (χ3n) is 21.2. The number of aryl methyl sites for hydroxylation is 3. The van der Waals surface area contributed by atoms with E-state index in [0.717, 1.165) is 65.1 Å². The Morgan fingerprint density at radius 2 is 0.732 bits per heavy atom. The number of aromatic nitrogens is 3. The van der Waals surface area contributed by atoms with Gasteiger partial charge in [0.15, 0.2) is 17.3 Å². The lowest BCUT2D eigenvalue weighted by atomic mass is 9.85. The molecule has 0 unspecified atom stereocenters. The Bertz CT molecular complexity index is 4550. The van der Waals surface area contributed by atoms with Gasteiger partial charge in [-0.15, -0.1) is 34.0 Å². The minimum absolute atomic E-state index is 0.00934. The third-order valence-corrected chi connectivity index (χ3v) is 24.2. The van der Waals surface area contributed by atoms with Crippen LogP contribution in [0.3, 0.4) is 0 Å². The molecule has 0 saturated carbocycles. The van der Waals surface area contributed by atoms with E-state index in [-0.39, 0.29) is 143 Å². The highest BCUT2D eigenvalue weighted by molar-refractivity contribution is 7.14. The molecule has 123 heavy (non-hydrogen) atoms. The number of amides is 7. The minimum atomic E-state index is -0.948. The zero-order valence-corrected chi connectivity index (χ0v) is 77.8. The first-order valence-electron chi connectivity index (χ1n) is 41.9. The molecule has 7 amide bonds. The molecule has 676 valence electrons. The number of hydrogen-bond donors (Lipinski definition) is 10. The predicted molar refractivity (Wildman–Crippen MR) is 479 cm³/mol. The van der Waals surface area contributed by atoms with Gasteiger partial charge >= 0.3 is 18.2 Å². The Balaban J connectivity index is 0.000000268. The number of aliphatic hydroxyl groups excluding tert-OH is 3. The summed E-state index contributed by atoms with van der Waals surface area (Å²) in [6.45, 7) is 39.8. The minimum Gasteiger partial charge on any atom is -0.481 e. The van der Waals surface area contributed by atoms with Crippen molar-refractivity contribution in [1.29, 1.82) is 0 Å². The molecule has 29 nitrogen and oxygen atoms in total. The summed E-state index contributed by atoms with van der Waals surface area (Å²) < 4.78 is 10.1. The van der Waals surface area contributed by atoms with Crippen molar-refractivity contribution < 1.29 is 82.6 Å². The molecular weight excluding hydrogens is 1630 g/mol. The fourth-order valence-corrected chi connectivity index (χ4v) is 16.8. The number of β-amino-alcohol motifs (C(OH)–C–C–N with tert-alkyl or cyclic N) is 3. The van der Waals surface area contributed by atoms with E-state index in [1.165, 1.54) is 14.7 Å². The second kappa shape index (κ2) is 45.0. The average molecular weight is 1760 g/mol. The fourth-order valence-electron chi connectivity index (χ4n) is 14.3. The fraction of sp³-hybridized carbons (Fsp3) is 0.582. The van der Waals surface area contributed by atoms with Gasteiger partial charge in [-0.05, 0) is 130 Å². The third kappa shape index (κ3) is 31.4. The quantitative estimate of drug-likeness (QED) is 0.0218. The summed E-state index contributed by atoms with van der Waals surface area (Å²) in [4.78, 5) is 159. The smallest absolute Gasteiger partial charge is 0.407 e. The van der Waals surface area contributed by atoms with Crippen LogP contribution in [0.2, 0.25) is 0 Å². The van der Waals surface area contributed by atoms with E-state index in [2.05, 4.69) is 48.4 Å². The molecule has 3 aromatic carbocycles. The van der Waals surface area contributed by atoms with Crippen LogP contribution in [0.5, 0.6) is 0 Å². The molecule has 3 aliphatic rings. The Kier molecular flexibility index (Phi) is 37.5. The number of nitrogens with zero attached hydrogens (tertiary/aromatic N) is 6. The molecule has 0 bridgehead atoms. The van der Waals surface area contributed by atoms with E-state index in [9.17, 15) is 68.1 Å². The number of carboxylic acids is 1. The van der Waals surface area contributed by atoms with E-state index >= 15 is 0 Å². The number of ether oxygens (including phenoxy) is 2. The first-order chi connectivity index (χ1) is 57.2. The van der Waals surface area contributed by atoms with Gasteiger partial charge in [-0.2, -0.15) is 0 Å². The van der Waals surface area contributed by atoms with Crippen molar-refractivity contribution in [1.82, 2.24) is 50.9 Å². The van der Waals surface area contributed by atoms with Crippen LogP contribution in [0.25, 0.3) is 31.3 Å². The van der Waals surface area contributed by atoms with E-state index in [1.54, 1.807) is 75.6 Å². The Hall–Kier alpha value is -9.28. The molecule has 0 spiro atoms. The normalized spacial score (nSPS) is 18.7. The van der Waals surface area contributed by atoms with Crippen molar-refractivity contribution in [3.63, 3.8) is 0 Å². The number of rotatable bonds is 28. The van der Waals surface area contributed by atoms with Gasteiger partial charge in [-0.25, -0.2) is 24.5 Å². The molecule has 12 N–H and O–H groups in total. The number of ketones is 3. The number of nitrogens with one attached hydrogen (secondary N) is 4. The Labute approximate surface area is 736 Å². The standard InChI is InChI=1S/C32H46N4O6S.C27H38N4O4S.C24H33N3O3S.C8H15NO4/c1-19(21-9-11-22(12-10-21)27-20(2)34-18-43-27)15-25(38)24-16-23(37)17-36(24)29(40)28(31(3,4)5)35-26(39)13-14-33-30(41)42-32(6,7)8;1-16(18-6-8-19(9-7-18)24-17(2)29-15-36-24)12-22(33)21-13-20(32)14-31(21)26(35)25(27(3,4)5)30-23(34)10-11-28;1-14(16-6-8-17(9-7-16)21-15(2)26-13-31-21)10-20(29)19-11-18(28)12-27(19)23(30)22(25)24(3,4)5;1-8(2,3)13-7(12)9-5-4-6(10)11/h9-12,18-19,23-24,28,37H,13-17H2,1-8H3,(H,33,41)(H,35,39);6-9,15-16,20-21,25,32H,10-14,28H2,1-5H3,(H,30,34);6-9,13-14,18-19,22,28H,10-12,25H2,1-5H3;4-5H2,1-3H3,(H,9,12)(H,10,11)/t19-,23-,24+,28-;16-,20-,21+,25-;14-,18-,19+,22-;/m111./s1. The first-order valence-corrected chi connectivity index (χ1v) is 44.6. The van der Waals surface area contributed by atoms with Crippen LogP contribution < -0.4 is 32.7 Å². The van der Waals surface area contributed by atoms with Gasteiger partial charge in [-0.3, -0.25) is 43.2 Å². The summed E-state index contributed by atoms with van der Waals surface area (Å²) in [5.41, 5.74) is 23.7. The molecule has 3 saturated heterocycles. The highest BCUT2D eigenvalue weighted by Crippen LogP contribution is 2.37. The Morgan fingerprint density at radius 3 is 0.984 bits per heavy atom. The predicted octanol–water partition coefficient (Wildman–Crippen LogP) is 12.1. The number of carbonyl (C=O) groups excluding carboxylic acids is 10. The molecular formula is C91H132N12O17S3. The molecule has 12 atom stereocenters. The average Bonchev–Trinajstić information content (AvgIpc) is 1.72. The van der Waals surface area contributed by atoms with Crippen molar-refractivity contribution in [2.75, 3.05) is 39.3 Å². The second-order valence-corrected chi connectivity index (χ2v) is 40.0. The van der Waals surface area contributed by atoms with E-state index < -0.39 is 112 Å². The lowest BCUT2D eigenvalue weighted by Crippen LogP contribution is -2.57. The van der Waals surface area contributed by atoms with Crippen molar-refractivity contribution in [2.45, 2.75) is 287 Å². The zero-order valence-electron chi connectivity index (χ0n) is 75.4. The highest BCUT2D eigenvalue weighted by Gasteiger charge is 2.48. The number of hydrogen-bond acceptors (Lipinski definition) is 24. The molecule has 0 aliphatic carbocycles. The van der Waals surface area contributed by atoms with Gasteiger partial charge in [-0.1, -0.05) is 156 Å². The molecule has 0 radical (unpaired) electrons. The summed E-state index contributed by atoms with van der Waals surface area (Å²) in [5, 5.41) is 49.7. The van der Waals surface area contributed by atoms with Crippen LogP contribution in [0, 0.1) is 37.0 Å². The maximum absolute atomic E-state index is 13.8. The largest absolute Gasteiger partial charge is 0.481 e. The SMILES string of the molecule is CC(C)(C)OC(=O)NCCC(=O)O.Cc1ncsc1-c1ccc([C@H](C)CC(=O)[C@@H]2C[C@@H](O)CN2C(=O)[C@@H](N)C(C)(C)C)cc1.Cc1ncsc1-c1ccc([C@H](C)CC(=O)[C@@H]2C[C@@H](O)CN2C(=O)[C@@H](NC(=O)CCN)C(C)(C)C)cc1.Cc1ncsc1-c1ccc([C@H](C)CC(=O)[C@@H]2C[C@@H](O)CN2C(=O)[C@@H](NC(=O)CCNC(=O)OC(C)(C)C)C(C)(C)C)cc1. The monoisotopic (exact) mass is 1760 g/mol. The number of nitrogens with two attached hydrogens (primary N) is 2.